The molecule has 1 unspecified atom stereocenters. The number of Topliss-reactive ketones (excluding diaryl/α,β-unsaturated/α-hetero) is 1. The third-order valence-corrected chi connectivity index (χ3v) is 8.17. The van der Waals surface area contributed by atoms with E-state index < -0.39 is 22.6 Å². The van der Waals surface area contributed by atoms with Crippen LogP contribution in [0.4, 0.5) is 0 Å². The number of aromatic nitrogens is 1. The van der Waals surface area contributed by atoms with Gasteiger partial charge in [0.1, 0.15) is 10.6 Å². The lowest BCUT2D eigenvalue weighted by atomic mass is 10.1. The van der Waals surface area contributed by atoms with Gasteiger partial charge in [0, 0.05) is 36.6 Å². The first-order valence-corrected chi connectivity index (χ1v) is 12.0. The molecular weight excluding hydrogens is 432 g/mol. The van der Waals surface area contributed by atoms with Crippen molar-refractivity contribution in [2.45, 2.75) is 51.0 Å². The number of carbonyl (C=O) groups excluding carboxylic acids is 2. The number of esters is 1. The number of piperidine rings is 1. The number of ketones is 1. The zero-order valence-corrected chi connectivity index (χ0v) is 20.0. The summed E-state index contributed by atoms with van der Waals surface area (Å²) in [6.07, 6.45) is 2.54. The molecule has 9 heteroatoms. The highest BCUT2D eigenvalue weighted by atomic mass is 32.2. The Bertz CT molecular complexity index is 1140. The number of ether oxygens (including phenoxy) is 2. The van der Waals surface area contributed by atoms with E-state index >= 15 is 0 Å². The number of methoxy groups -OCH3 is 1. The third-order valence-electron chi connectivity index (χ3n) is 6.14. The average Bonchev–Trinajstić information content (AvgIpc) is 3.04. The number of carbonyl (C=O) groups is 2. The van der Waals surface area contributed by atoms with Crippen LogP contribution in [0.15, 0.2) is 29.2 Å². The molecule has 0 amide bonds. The molecule has 2 aromatic rings. The minimum atomic E-state index is -3.86. The number of hydrogen-bond acceptors (Lipinski definition) is 6. The quantitative estimate of drug-likeness (QED) is 0.463. The second-order valence-electron chi connectivity index (χ2n) is 8.17. The SMILES string of the molecule is COc1ccc(C(=O)OCC(=O)c2cc(C)n(C)c2C)cc1S(=O)(=O)N1CCCCC1C. The first kappa shape index (κ1) is 24.0. The average molecular weight is 463 g/mol. The van der Waals surface area contributed by atoms with Gasteiger partial charge >= 0.3 is 5.97 Å². The molecule has 1 fully saturated rings. The second-order valence-corrected chi connectivity index (χ2v) is 10.0. The van der Waals surface area contributed by atoms with Crippen molar-refractivity contribution >= 4 is 21.8 Å². The number of aryl methyl sites for hydroxylation is 1. The summed E-state index contributed by atoms with van der Waals surface area (Å²) in [5, 5.41) is 0. The van der Waals surface area contributed by atoms with Crippen molar-refractivity contribution in [1.29, 1.82) is 0 Å². The first-order chi connectivity index (χ1) is 15.1. The maximum absolute atomic E-state index is 13.3. The van der Waals surface area contributed by atoms with Gasteiger partial charge in [-0.05, 0) is 57.9 Å². The van der Waals surface area contributed by atoms with Crippen LogP contribution in [0.1, 0.15) is 58.3 Å². The number of hydrogen-bond donors (Lipinski definition) is 0. The monoisotopic (exact) mass is 462 g/mol. The molecule has 0 aliphatic carbocycles. The van der Waals surface area contributed by atoms with Crippen LogP contribution < -0.4 is 4.74 Å². The van der Waals surface area contributed by atoms with Crippen molar-refractivity contribution in [3.63, 3.8) is 0 Å². The van der Waals surface area contributed by atoms with Crippen molar-refractivity contribution < 1.29 is 27.5 Å². The fourth-order valence-electron chi connectivity index (χ4n) is 3.99. The van der Waals surface area contributed by atoms with Gasteiger partial charge in [-0.3, -0.25) is 4.79 Å². The van der Waals surface area contributed by atoms with Gasteiger partial charge in [0.15, 0.2) is 6.61 Å². The molecule has 174 valence electrons. The number of rotatable bonds is 7. The zero-order valence-electron chi connectivity index (χ0n) is 19.2. The molecule has 8 nitrogen and oxygen atoms in total. The minimum Gasteiger partial charge on any atom is -0.495 e. The van der Waals surface area contributed by atoms with Crippen LogP contribution in [0.25, 0.3) is 0 Å². The van der Waals surface area contributed by atoms with Gasteiger partial charge in [-0.2, -0.15) is 4.31 Å². The summed E-state index contributed by atoms with van der Waals surface area (Å²) >= 11 is 0. The highest BCUT2D eigenvalue weighted by Gasteiger charge is 2.33. The van der Waals surface area contributed by atoms with E-state index in [0.29, 0.717) is 12.1 Å². The lowest BCUT2D eigenvalue weighted by Crippen LogP contribution is -2.42. The Balaban J connectivity index is 1.82. The highest BCUT2D eigenvalue weighted by Crippen LogP contribution is 2.32. The summed E-state index contributed by atoms with van der Waals surface area (Å²) in [5.74, 6) is -0.928. The molecule has 2 heterocycles. The molecular formula is C23H30N2O6S. The summed E-state index contributed by atoms with van der Waals surface area (Å²) < 4.78 is 40.4. The van der Waals surface area contributed by atoms with Crippen LogP contribution in [0.2, 0.25) is 0 Å². The van der Waals surface area contributed by atoms with Crippen LogP contribution >= 0.6 is 0 Å². The summed E-state index contributed by atoms with van der Waals surface area (Å²) in [5.41, 5.74) is 2.25. The van der Waals surface area contributed by atoms with E-state index in [1.807, 2.05) is 32.4 Å². The number of benzene rings is 1. The van der Waals surface area contributed by atoms with Gasteiger partial charge in [-0.1, -0.05) is 6.42 Å². The Labute approximate surface area is 189 Å². The van der Waals surface area contributed by atoms with Crippen molar-refractivity contribution in [1.82, 2.24) is 8.87 Å². The van der Waals surface area contributed by atoms with Crippen molar-refractivity contribution in [2.24, 2.45) is 7.05 Å². The lowest BCUT2D eigenvalue weighted by molar-refractivity contribution is 0.0474. The zero-order chi connectivity index (χ0) is 23.6. The number of sulfonamides is 1. The first-order valence-electron chi connectivity index (χ1n) is 10.6. The van der Waals surface area contributed by atoms with E-state index in [4.69, 9.17) is 9.47 Å². The summed E-state index contributed by atoms with van der Waals surface area (Å²) in [6, 6.07) is 5.75. The van der Waals surface area contributed by atoms with E-state index in [0.717, 1.165) is 30.7 Å². The lowest BCUT2D eigenvalue weighted by Gasteiger charge is -2.32. The highest BCUT2D eigenvalue weighted by molar-refractivity contribution is 7.89. The van der Waals surface area contributed by atoms with Crippen LogP contribution in [0.5, 0.6) is 5.75 Å². The van der Waals surface area contributed by atoms with Crippen LogP contribution in [0, 0.1) is 13.8 Å². The van der Waals surface area contributed by atoms with E-state index in [1.54, 1.807) is 6.07 Å². The van der Waals surface area contributed by atoms with Gasteiger partial charge < -0.3 is 14.0 Å². The Morgan fingerprint density at radius 1 is 1.16 bits per heavy atom. The normalized spacial score (nSPS) is 17.2. The molecule has 0 spiro atoms. The van der Waals surface area contributed by atoms with Gasteiger partial charge in [-0.15, -0.1) is 0 Å². The molecule has 0 radical (unpaired) electrons. The fraction of sp³-hybridized carbons (Fsp3) is 0.478. The predicted molar refractivity (Wildman–Crippen MR) is 120 cm³/mol. The van der Waals surface area contributed by atoms with Gasteiger partial charge in [0.25, 0.3) is 0 Å². The molecule has 0 N–H and O–H groups in total. The molecule has 1 aromatic heterocycles. The largest absolute Gasteiger partial charge is 0.495 e. The molecule has 3 rings (SSSR count). The Morgan fingerprint density at radius 3 is 2.47 bits per heavy atom. The van der Waals surface area contributed by atoms with Crippen molar-refractivity contribution in [3.05, 3.63) is 46.8 Å². The predicted octanol–water partition coefficient (Wildman–Crippen LogP) is 3.25. The number of nitrogens with zero attached hydrogens (tertiary/aromatic N) is 2. The molecule has 32 heavy (non-hydrogen) atoms. The van der Waals surface area contributed by atoms with Gasteiger partial charge in [0.05, 0.1) is 12.7 Å². The molecule has 1 aromatic carbocycles. The summed E-state index contributed by atoms with van der Waals surface area (Å²) in [7, 11) is -0.620. The molecule has 1 atom stereocenters. The molecule has 1 saturated heterocycles. The van der Waals surface area contributed by atoms with E-state index in [9.17, 15) is 18.0 Å². The summed E-state index contributed by atoms with van der Waals surface area (Å²) in [6.45, 7) is 5.58. The van der Waals surface area contributed by atoms with Crippen LogP contribution in [0.3, 0.4) is 0 Å². The topological polar surface area (TPSA) is 94.9 Å². The molecule has 0 bridgehead atoms. The Morgan fingerprint density at radius 2 is 1.88 bits per heavy atom. The smallest absolute Gasteiger partial charge is 0.338 e. The Kier molecular flexibility index (Phi) is 7.09. The van der Waals surface area contributed by atoms with E-state index in [2.05, 4.69) is 0 Å². The second kappa shape index (κ2) is 9.46. The molecule has 1 aliphatic heterocycles. The van der Waals surface area contributed by atoms with E-state index in [-0.39, 0.29) is 28.0 Å². The summed E-state index contributed by atoms with van der Waals surface area (Å²) in [4.78, 5) is 25.1. The van der Waals surface area contributed by atoms with Gasteiger partial charge in [-0.25, -0.2) is 13.2 Å². The maximum Gasteiger partial charge on any atom is 0.338 e. The Hall–Kier alpha value is -2.65. The van der Waals surface area contributed by atoms with Crippen molar-refractivity contribution in [3.8, 4) is 5.75 Å². The molecule has 1 aliphatic rings. The third kappa shape index (κ3) is 4.59. The van der Waals surface area contributed by atoms with Crippen molar-refractivity contribution in [2.75, 3.05) is 20.3 Å². The van der Waals surface area contributed by atoms with E-state index in [1.165, 1.54) is 29.6 Å². The van der Waals surface area contributed by atoms with Crippen LogP contribution in [-0.4, -0.2) is 55.3 Å². The van der Waals surface area contributed by atoms with Crippen LogP contribution in [-0.2, 0) is 21.8 Å². The molecule has 0 saturated carbocycles. The minimum absolute atomic E-state index is 0.0443. The maximum atomic E-state index is 13.3. The standard InChI is InChI=1S/C23H30N2O6S/c1-15-8-6-7-11-25(15)32(28,29)22-13-18(9-10-21(22)30-5)23(27)31-14-20(26)19-12-16(2)24(4)17(19)3/h9-10,12-13,15H,6-8,11,14H2,1-5H3. The van der Waals surface area contributed by atoms with Gasteiger partial charge in [0.2, 0.25) is 15.8 Å². The fourth-order valence-corrected chi connectivity index (χ4v) is 5.87.